The number of hydrogen-bond donors (Lipinski definition) is 2. The van der Waals surface area contributed by atoms with Crippen molar-refractivity contribution < 1.29 is 8.78 Å². The van der Waals surface area contributed by atoms with Gasteiger partial charge in [0.25, 0.3) is 0 Å². The average Bonchev–Trinajstić information content (AvgIpc) is 3.38. The summed E-state index contributed by atoms with van der Waals surface area (Å²) in [7, 11) is 0. The molecule has 2 N–H and O–H groups in total. The highest BCUT2D eigenvalue weighted by Gasteiger charge is 2.44. The molecule has 1 unspecified atom stereocenters. The molecule has 5 nitrogen and oxygen atoms in total. The zero-order valence-corrected chi connectivity index (χ0v) is 16.7. The predicted molar refractivity (Wildman–Crippen MR) is 111 cm³/mol. The minimum Gasteiger partial charge on any atom is -0.357 e. The molecule has 154 valence electrons. The van der Waals surface area contributed by atoms with Crippen molar-refractivity contribution in [2.24, 2.45) is 4.99 Å². The second-order valence-corrected chi connectivity index (χ2v) is 7.87. The second kappa shape index (κ2) is 8.35. The van der Waals surface area contributed by atoms with E-state index in [-0.39, 0.29) is 23.1 Å². The Hall–Kier alpha value is -2.70. The molecule has 0 bridgehead atoms. The molecule has 2 fully saturated rings. The van der Waals surface area contributed by atoms with Crippen LogP contribution in [-0.2, 0) is 5.41 Å². The first-order chi connectivity index (χ1) is 14.1. The smallest absolute Gasteiger partial charge is 0.191 e. The lowest BCUT2D eigenvalue weighted by Gasteiger charge is -2.20. The van der Waals surface area contributed by atoms with E-state index < -0.39 is 0 Å². The van der Waals surface area contributed by atoms with Crippen LogP contribution in [0, 0.1) is 11.6 Å². The molecule has 2 aliphatic rings. The predicted octanol–water partition coefficient (Wildman–Crippen LogP) is 3.23. The summed E-state index contributed by atoms with van der Waals surface area (Å²) in [6, 6.07) is 10.1. The van der Waals surface area contributed by atoms with Crippen LogP contribution in [0.1, 0.15) is 31.7 Å². The van der Waals surface area contributed by atoms with Crippen LogP contribution in [-0.4, -0.2) is 43.2 Å². The Kier molecular flexibility index (Phi) is 5.65. The Morgan fingerprint density at radius 3 is 2.86 bits per heavy atom. The van der Waals surface area contributed by atoms with Gasteiger partial charge in [-0.1, -0.05) is 12.1 Å². The number of anilines is 1. The highest BCUT2D eigenvalue weighted by atomic mass is 19.1. The van der Waals surface area contributed by atoms with Gasteiger partial charge in [-0.25, -0.2) is 13.8 Å². The van der Waals surface area contributed by atoms with Gasteiger partial charge >= 0.3 is 0 Å². The molecule has 2 aromatic rings. The maximum atomic E-state index is 14.0. The highest BCUT2D eigenvalue weighted by molar-refractivity contribution is 5.80. The number of pyridine rings is 1. The van der Waals surface area contributed by atoms with Gasteiger partial charge < -0.3 is 15.5 Å². The van der Waals surface area contributed by atoms with E-state index in [1.165, 1.54) is 12.1 Å². The van der Waals surface area contributed by atoms with Crippen LogP contribution in [0.2, 0.25) is 0 Å². The minimum atomic E-state index is -0.292. The van der Waals surface area contributed by atoms with Crippen molar-refractivity contribution in [3.63, 3.8) is 0 Å². The van der Waals surface area contributed by atoms with Gasteiger partial charge in [-0.05, 0) is 56.0 Å². The first-order valence-electron chi connectivity index (χ1n) is 10.3. The molecule has 4 rings (SSSR count). The van der Waals surface area contributed by atoms with Crippen molar-refractivity contribution in [1.29, 1.82) is 0 Å². The summed E-state index contributed by atoms with van der Waals surface area (Å²) < 4.78 is 27.6. The summed E-state index contributed by atoms with van der Waals surface area (Å²) >= 11 is 0. The number of nitrogens with zero attached hydrogens (tertiary/aromatic N) is 3. The zero-order chi connectivity index (χ0) is 20.3. The van der Waals surface area contributed by atoms with Gasteiger partial charge in [0.15, 0.2) is 17.6 Å². The molecule has 2 heterocycles. The summed E-state index contributed by atoms with van der Waals surface area (Å²) in [4.78, 5) is 10.9. The van der Waals surface area contributed by atoms with E-state index in [1.807, 2.05) is 17.9 Å². The lowest BCUT2D eigenvalue weighted by atomic mass is 9.96. The second-order valence-electron chi connectivity index (χ2n) is 7.87. The number of nitrogens with one attached hydrogen (secondary N) is 2. The molecule has 1 aromatic heterocycles. The van der Waals surface area contributed by atoms with Crippen LogP contribution in [0.5, 0.6) is 0 Å². The quantitative estimate of drug-likeness (QED) is 0.579. The standard InChI is InChI=1S/C22H27F2N5/c1-2-25-21(27-15-22(9-10-22)16-5-3-6-17(23)13-16)28-18-8-12-29(14-18)20-19(24)7-4-11-26-20/h3-7,11,13,18H,2,8-10,12,14-15H2,1H3,(H2,25,27,28). The molecule has 1 saturated heterocycles. The highest BCUT2D eigenvalue weighted by Crippen LogP contribution is 2.48. The van der Waals surface area contributed by atoms with Gasteiger partial charge in [-0.2, -0.15) is 0 Å². The number of aromatic nitrogens is 1. The Balaban J connectivity index is 1.40. The SMILES string of the molecule is CCNC(=NCC1(c2cccc(F)c2)CC1)NC1CCN(c2ncccc2F)C1. The Morgan fingerprint density at radius 1 is 1.28 bits per heavy atom. The molecule has 1 aliphatic carbocycles. The van der Waals surface area contributed by atoms with E-state index in [9.17, 15) is 8.78 Å². The van der Waals surface area contributed by atoms with Gasteiger partial charge in [0, 0.05) is 37.3 Å². The fourth-order valence-electron chi connectivity index (χ4n) is 3.93. The molecule has 0 amide bonds. The van der Waals surface area contributed by atoms with Gasteiger partial charge in [-0.3, -0.25) is 4.99 Å². The molecule has 1 saturated carbocycles. The first kappa shape index (κ1) is 19.6. The fraction of sp³-hybridized carbons (Fsp3) is 0.455. The maximum absolute atomic E-state index is 14.0. The van der Waals surface area contributed by atoms with Gasteiger partial charge in [-0.15, -0.1) is 0 Å². The number of hydrogen-bond acceptors (Lipinski definition) is 3. The molecule has 1 aliphatic heterocycles. The van der Waals surface area contributed by atoms with Crippen molar-refractivity contribution >= 4 is 11.8 Å². The van der Waals surface area contributed by atoms with Gasteiger partial charge in [0.2, 0.25) is 0 Å². The average molecular weight is 399 g/mol. The van der Waals surface area contributed by atoms with E-state index in [4.69, 9.17) is 4.99 Å². The molecule has 29 heavy (non-hydrogen) atoms. The van der Waals surface area contributed by atoms with E-state index in [1.54, 1.807) is 24.4 Å². The Labute approximate surface area is 170 Å². The third-order valence-corrected chi connectivity index (χ3v) is 5.74. The first-order valence-corrected chi connectivity index (χ1v) is 10.3. The molecule has 0 radical (unpaired) electrons. The van der Waals surface area contributed by atoms with E-state index in [0.29, 0.717) is 18.9 Å². The molecule has 0 spiro atoms. The lowest BCUT2D eigenvalue weighted by molar-refractivity contribution is 0.610. The summed E-state index contributed by atoms with van der Waals surface area (Å²) in [6.07, 6.45) is 4.55. The molecule has 1 aromatic carbocycles. The van der Waals surface area contributed by atoms with Crippen LogP contribution < -0.4 is 15.5 Å². The molecular weight excluding hydrogens is 372 g/mol. The number of guanidine groups is 1. The molecular formula is C22H27F2N5. The largest absolute Gasteiger partial charge is 0.357 e. The number of rotatable bonds is 6. The van der Waals surface area contributed by atoms with Crippen molar-refractivity contribution in [3.05, 3.63) is 59.8 Å². The number of halogens is 2. The fourth-order valence-corrected chi connectivity index (χ4v) is 3.93. The van der Waals surface area contributed by atoms with Crippen LogP contribution >= 0.6 is 0 Å². The topological polar surface area (TPSA) is 52.6 Å². The third-order valence-electron chi connectivity index (χ3n) is 5.74. The lowest BCUT2D eigenvalue weighted by Crippen LogP contribution is -2.45. The summed E-state index contributed by atoms with van der Waals surface area (Å²) in [5.74, 6) is 0.667. The number of benzene rings is 1. The summed E-state index contributed by atoms with van der Waals surface area (Å²) in [6.45, 7) is 4.83. The maximum Gasteiger partial charge on any atom is 0.191 e. The van der Waals surface area contributed by atoms with E-state index in [0.717, 1.165) is 43.9 Å². The Bertz CT molecular complexity index is 881. The van der Waals surface area contributed by atoms with Crippen molar-refractivity contribution in [2.75, 3.05) is 31.1 Å². The van der Waals surface area contributed by atoms with Crippen LogP contribution in [0.4, 0.5) is 14.6 Å². The van der Waals surface area contributed by atoms with Gasteiger partial charge in [0.1, 0.15) is 5.82 Å². The normalized spacial score (nSPS) is 20.6. The zero-order valence-electron chi connectivity index (χ0n) is 16.7. The Morgan fingerprint density at radius 2 is 2.14 bits per heavy atom. The summed E-state index contributed by atoms with van der Waals surface area (Å²) in [5, 5.41) is 6.77. The molecule has 7 heteroatoms. The van der Waals surface area contributed by atoms with E-state index >= 15 is 0 Å². The third kappa shape index (κ3) is 4.49. The van der Waals surface area contributed by atoms with E-state index in [2.05, 4.69) is 15.6 Å². The monoisotopic (exact) mass is 399 g/mol. The van der Waals surface area contributed by atoms with Crippen LogP contribution in [0.15, 0.2) is 47.6 Å². The van der Waals surface area contributed by atoms with Crippen molar-refractivity contribution in [1.82, 2.24) is 15.6 Å². The van der Waals surface area contributed by atoms with Crippen LogP contribution in [0.3, 0.4) is 0 Å². The number of aliphatic imine (C=N–C) groups is 1. The minimum absolute atomic E-state index is 0.0523. The van der Waals surface area contributed by atoms with Gasteiger partial charge in [0.05, 0.1) is 6.54 Å². The van der Waals surface area contributed by atoms with Crippen LogP contribution in [0.25, 0.3) is 0 Å². The summed E-state index contributed by atoms with van der Waals surface area (Å²) in [5.41, 5.74) is 0.971. The van der Waals surface area contributed by atoms with Crippen molar-refractivity contribution in [2.45, 2.75) is 37.6 Å². The molecule has 1 atom stereocenters. The van der Waals surface area contributed by atoms with Crippen molar-refractivity contribution in [3.8, 4) is 0 Å².